The van der Waals surface area contributed by atoms with Gasteiger partial charge >= 0.3 is 0 Å². The largest absolute Gasteiger partial charge is 0.385 e. The zero-order valence-corrected chi connectivity index (χ0v) is 14.1. The lowest BCUT2D eigenvalue weighted by Crippen LogP contribution is -2.25. The van der Waals surface area contributed by atoms with Gasteiger partial charge in [0, 0.05) is 44.6 Å². The second-order valence-corrected chi connectivity index (χ2v) is 6.03. The Kier molecular flexibility index (Phi) is 6.39. The van der Waals surface area contributed by atoms with E-state index in [0.29, 0.717) is 11.9 Å². The van der Waals surface area contributed by atoms with Gasteiger partial charge in [0.05, 0.1) is 0 Å². The van der Waals surface area contributed by atoms with Gasteiger partial charge in [-0.25, -0.2) is 4.98 Å². The molecule has 6 heteroatoms. The van der Waals surface area contributed by atoms with Gasteiger partial charge in [-0.2, -0.15) is 4.98 Å². The second-order valence-electron chi connectivity index (χ2n) is 6.03. The number of methoxy groups -OCH3 is 1. The number of rotatable bonds is 8. The monoisotopic (exact) mass is 307 g/mol. The van der Waals surface area contributed by atoms with Crippen LogP contribution in [0.5, 0.6) is 0 Å². The molecule has 1 aromatic heterocycles. The highest BCUT2D eigenvalue weighted by Gasteiger charge is 2.22. The van der Waals surface area contributed by atoms with Crippen molar-refractivity contribution >= 4 is 11.8 Å². The molecule has 1 aliphatic rings. The zero-order valence-electron chi connectivity index (χ0n) is 14.1. The zero-order chi connectivity index (χ0) is 15.9. The summed E-state index contributed by atoms with van der Waals surface area (Å²) in [7, 11) is 1.76. The SMILES string of the molecule is CCc1c(C)nc(N)nc1NC[C@H]1CCN(CCCOC)C1. The van der Waals surface area contributed by atoms with Crippen molar-refractivity contribution in [3.8, 4) is 0 Å². The maximum absolute atomic E-state index is 5.77. The van der Waals surface area contributed by atoms with Crippen LogP contribution in [0, 0.1) is 12.8 Å². The maximum atomic E-state index is 5.77. The number of nitrogens with zero attached hydrogens (tertiary/aromatic N) is 3. The van der Waals surface area contributed by atoms with Gasteiger partial charge in [0.2, 0.25) is 5.95 Å². The van der Waals surface area contributed by atoms with E-state index >= 15 is 0 Å². The first-order valence-corrected chi connectivity index (χ1v) is 8.22. The summed E-state index contributed by atoms with van der Waals surface area (Å²) in [5.74, 6) is 1.93. The third kappa shape index (κ3) is 4.55. The lowest BCUT2D eigenvalue weighted by molar-refractivity contribution is 0.178. The Bertz CT molecular complexity index is 480. The molecule has 0 unspecified atom stereocenters. The van der Waals surface area contributed by atoms with E-state index in [1.54, 1.807) is 7.11 Å². The summed E-state index contributed by atoms with van der Waals surface area (Å²) in [6.07, 6.45) is 3.27. The first-order chi connectivity index (χ1) is 10.6. The number of nitrogens with one attached hydrogen (secondary N) is 1. The normalized spacial score (nSPS) is 18.8. The molecule has 0 radical (unpaired) electrons. The van der Waals surface area contributed by atoms with E-state index in [0.717, 1.165) is 50.6 Å². The summed E-state index contributed by atoms with van der Waals surface area (Å²) in [5.41, 5.74) is 7.92. The maximum Gasteiger partial charge on any atom is 0.222 e. The highest BCUT2D eigenvalue weighted by atomic mass is 16.5. The Hall–Kier alpha value is -1.40. The topological polar surface area (TPSA) is 76.3 Å². The fraction of sp³-hybridized carbons (Fsp3) is 0.750. The Labute approximate surface area is 133 Å². The Balaban J connectivity index is 1.84. The molecule has 0 saturated carbocycles. The van der Waals surface area contributed by atoms with Crippen LogP contribution in [0.4, 0.5) is 11.8 Å². The van der Waals surface area contributed by atoms with Crippen molar-refractivity contribution in [2.24, 2.45) is 5.92 Å². The third-order valence-electron chi connectivity index (χ3n) is 4.34. The molecule has 124 valence electrons. The first-order valence-electron chi connectivity index (χ1n) is 8.22. The van der Waals surface area contributed by atoms with Crippen molar-refractivity contribution in [3.05, 3.63) is 11.3 Å². The molecular weight excluding hydrogens is 278 g/mol. The van der Waals surface area contributed by atoms with Crippen LogP contribution < -0.4 is 11.1 Å². The molecule has 0 spiro atoms. The number of ether oxygens (including phenoxy) is 1. The van der Waals surface area contributed by atoms with Gasteiger partial charge in [-0.1, -0.05) is 6.92 Å². The van der Waals surface area contributed by atoms with Gasteiger partial charge in [0.15, 0.2) is 0 Å². The minimum atomic E-state index is 0.352. The van der Waals surface area contributed by atoms with E-state index in [9.17, 15) is 0 Å². The van der Waals surface area contributed by atoms with Crippen LogP contribution >= 0.6 is 0 Å². The van der Waals surface area contributed by atoms with Gasteiger partial charge in [-0.05, 0) is 38.6 Å². The molecule has 0 aromatic carbocycles. The van der Waals surface area contributed by atoms with Gasteiger partial charge in [-0.3, -0.25) is 0 Å². The number of hydrogen-bond donors (Lipinski definition) is 2. The summed E-state index contributed by atoms with van der Waals surface area (Å²) in [5, 5.41) is 3.49. The van der Waals surface area contributed by atoms with Crippen molar-refractivity contribution in [3.63, 3.8) is 0 Å². The fourth-order valence-corrected chi connectivity index (χ4v) is 3.14. The minimum absolute atomic E-state index is 0.352. The Morgan fingerprint density at radius 2 is 2.23 bits per heavy atom. The smallest absolute Gasteiger partial charge is 0.222 e. The predicted molar refractivity (Wildman–Crippen MR) is 90.1 cm³/mol. The van der Waals surface area contributed by atoms with Crippen molar-refractivity contribution in [2.75, 3.05) is 50.9 Å². The van der Waals surface area contributed by atoms with Crippen molar-refractivity contribution < 1.29 is 4.74 Å². The van der Waals surface area contributed by atoms with E-state index in [4.69, 9.17) is 10.5 Å². The van der Waals surface area contributed by atoms with E-state index in [-0.39, 0.29) is 0 Å². The lowest BCUT2D eigenvalue weighted by atomic mass is 10.1. The second kappa shape index (κ2) is 8.29. The summed E-state index contributed by atoms with van der Waals surface area (Å²) in [4.78, 5) is 11.1. The van der Waals surface area contributed by atoms with E-state index < -0.39 is 0 Å². The third-order valence-corrected chi connectivity index (χ3v) is 4.34. The van der Waals surface area contributed by atoms with E-state index in [2.05, 4.69) is 27.1 Å². The van der Waals surface area contributed by atoms with Crippen LogP contribution in [0.1, 0.15) is 31.0 Å². The summed E-state index contributed by atoms with van der Waals surface area (Å²) < 4.78 is 5.12. The molecule has 0 amide bonds. The number of aryl methyl sites for hydroxylation is 1. The molecule has 0 aliphatic carbocycles. The number of aromatic nitrogens is 2. The van der Waals surface area contributed by atoms with Crippen molar-refractivity contribution in [1.29, 1.82) is 0 Å². The quantitative estimate of drug-likeness (QED) is 0.712. The molecule has 2 rings (SSSR count). The molecule has 1 aliphatic heterocycles. The van der Waals surface area contributed by atoms with Crippen LogP contribution in [0.15, 0.2) is 0 Å². The number of anilines is 2. The number of likely N-dealkylation sites (tertiary alicyclic amines) is 1. The molecule has 6 nitrogen and oxygen atoms in total. The van der Waals surface area contributed by atoms with E-state index in [1.165, 1.54) is 18.5 Å². The van der Waals surface area contributed by atoms with Crippen molar-refractivity contribution in [1.82, 2.24) is 14.9 Å². The van der Waals surface area contributed by atoms with Crippen LogP contribution in [-0.2, 0) is 11.2 Å². The van der Waals surface area contributed by atoms with Crippen LogP contribution in [0.25, 0.3) is 0 Å². The standard InChI is InChI=1S/C16H29N5O/c1-4-14-12(2)19-16(17)20-15(14)18-10-13-6-8-21(11-13)7-5-9-22-3/h13H,4-11H2,1-3H3,(H3,17,18,19,20)/t13-/m1/s1. The molecule has 1 fully saturated rings. The average molecular weight is 307 g/mol. The van der Waals surface area contributed by atoms with E-state index in [1.807, 2.05) is 6.92 Å². The number of hydrogen-bond acceptors (Lipinski definition) is 6. The Morgan fingerprint density at radius 3 is 2.95 bits per heavy atom. The van der Waals surface area contributed by atoms with Gasteiger partial charge < -0.3 is 20.7 Å². The summed E-state index contributed by atoms with van der Waals surface area (Å²) in [6, 6.07) is 0. The number of nitrogen functional groups attached to an aromatic ring is 1. The first kappa shape index (κ1) is 17.0. The lowest BCUT2D eigenvalue weighted by Gasteiger charge is -2.17. The molecule has 2 heterocycles. The molecule has 1 aromatic rings. The Morgan fingerprint density at radius 1 is 1.41 bits per heavy atom. The molecular formula is C16H29N5O. The average Bonchev–Trinajstić information content (AvgIpc) is 2.93. The van der Waals surface area contributed by atoms with Crippen molar-refractivity contribution in [2.45, 2.75) is 33.1 Å². The van der Waals surface area contributed by atoms with Crippen LogP contribution in [0.2, 0.25) is 0 Å². The van der Waals surface area contributed by atoms with Crippen LogP contribution in [-0.4, -0.2) is 54.8 Å². The molecule has 1 atom stereocenters. The molecule has 0 bridgehead atoms. The highest BCUT2D eigenvalue weighted by molar-refractivity contribution is 5.49. The summed E-state index contributed by atoms with van der Waals surface area (Å²) >= 11 is 0. The molecule has 1 saturated heterocycles. The van der Waals surface area contributed by atoms with Crippen LogP contribution in [0.3, 0.4) is 0 Å². The summed E-state index contributed by atoms with van der Waals surface area (Å²) in [6.45, 7) is 9.38. The minimum Gasteiger partial charge on any atom is -0.385 e. The van der Waals surface area contributed by atoms with Gasteiger partial charge in [0.1, 0.15) is 5.82 Å². The highest BCUT2D eigenvalue weighted by Crippen LogP contribution is 2.21. The number of nitrogens with two attached hydrogens (primary N) is 1. The fourth-order valence-electron chi connectivity index (χ4n) is 3.14. The predicted octanol–water partition coefficient (Wildman–Crippen LogP) is 1.70. The van der Waals surface area contributed by atoms with Gasteiger partial charge in [0.25, 0.3) is 0 Å². The molecule has 3 N–H and O–H groups in total. The van der Waals surface area contributed by atoms with Gasteiger partial charge in [-0.15, -0.1) is 0 Å². The molecule has 22 heavy (non-hydrogen) atoms.